The molecule has 0 saturated heterocycles. The summed E-state index contributed by atoms with van der Waals surface area (Å²) in [6.07, 6.45) is 1.19. The Morgan fingerprint density at radius 3 is 2.50 bits per heavy atom. The Morgan fingerprint density at radius 1 is 1.23 bits per heavy atom. The average molecular weight is 432 g/mol. The van der Waals surface area contributed by atoms with Crippen molar-refractivity contribution in [1.82, 2.24) is 5.32 Å². The van der Waals surface area contributed by atoms with E-state index in [1.807, 2.05) is 13.8 Å². The molecule has 1 aromatic carbocycles. The highest BCUT2D eigenvalue weighted by atomic mass is 35.5. The molecule has 6 nitrogen and oxygen atoms in total. The maximum Gasteiger partial charge on any atom is 0.336 e. The molecule has 0 saturated carbocycles. The second-order valence-electron chi connectivity index (χ2n) is 7.72. The molecule has 1 aromatic rings. The molecule has 0 bridgehead atoms. The summed E-state index contributed by atoms with van der Waals surface area (Å²) < 4.78 is 10.3. The molecule has 0 aromatic heterocycles. The maximum atomic E-state index is 13.5. The summed E-state index contributed by atoms with van der Waals surface area (Å²) in [4.78, 5) is 38.8. The molecule has 0 radical (unpaired) electrons. The van der Waals surface area contributed by atoms with Gasteiger partial charge in [0.15, 0.2) is 5.78 Å². The van der Waals surface area contributed by atoms with E-state index in [1.165, 1.54) is 7.11 Å². The van der Waals surface area contributed by atoms with Gasteiger partial charge in [0.1, 0.15) is 5.92 Å². The van der Waals surface area contributed by atoms with Crippen molar-refractivity contribution in [2.75, 3.05) is 13.7 Å². The molecule has 1 heterocycles. The van der Waals surface area contributed by atoms with Crippen LogP contribution < -0.4 is 5.32 Å². The smallest absolute Gasteiger partial charge is 0.336 e. The SMILES string of the molecule is CCCOC(=O)C1=C(C)NC2=C(C(=O)[C@H](C(=O)OC)[C@@H](C)C2)[C@@H]1c1ccc(Cl)cc1. The minimum Gasteiger partial charge on any atom is -0.468 e. The summed E-state index contributed by atoms with van der Waals surface area (Å²) in [5, 5.41) is 3.78. The third kappa shape index (κ3) is 4.01. The zero-order valence-corrected chi connectivity index (χ0v) is 18.3. The third-order valence-electron chi connectivity index (χ3n) is 5.60. The molecule has 0 amide bonds. The zero-order chi connectivity index (χ0) is 22.0. The normalized spacial score (nSPS) is 23.6. The van der Waals surface area contributed by atoms with Crippen molar-refractivity contribution in [3.63, 3.8) is 0 Å². The lowest BCUT2D eigenvalue weighted by atomic mass is 9.69. The Labute approximate surface area is 181 Å². The van der Waals surface area contributed by atoms with Gasteiger partial charge in [0.05, 0.1) is 19.3 Å². The van der Waals surface area contributed by atoms with Gasteiger partial charge in [0.2, 0.25) is 0 Å². The van der Waals surface area contributed by atoms with Crippen molar-refractivity contribution in [3.8, 4) is 0 Å². The van der Waals surface area contributed by atoms with E-state index in [0.29, 0.717) is 34.7 Å². The molecule has 3 atom stereocenters. The lowest BCUT2D eigenvalue weighted by molar-refractivity contribution is -0.151. The van der Waals surface area contributed by atoms with Crippen molar-refractivity contribution in [2.45, 2.75) is 39.5 Å². The quantitative estimate of drug-likeness (QED) is 0.562. The molecule has 30 heavy (non-hydrogen) atoms. The van der Waals surface area contributed by atoms with Crippen molar-refractivity contribution in [1.29, 1.82) is 0 Å². The van der Waals surface area contributed by atoms with Crippen LogP contribution in [-0.4, -0.2) is 31.4 Å². The largest absolute Gasteiger partial charge is 0.468 e. The molecule has 1 aliphatic heterocycles. The molecule has 0 fully saturated rings. The summed E-state index contributed by atoms with van der Waals surface area (Å²) in [6, 6.07) is 7.03. The summed E-state index contributed by atoms with van der Waals surface area (Å²) >= 11 is 6.06. The monoisotopic (exact) mass is 431 g/mol. The van der Waals surface area contributed by atoms with Crippen molar-refractivity contribution in [2.24, 2.45) is 11.8 Å². The summed E-state index contributed by atoms with van der Waals surface area (Å²) in [5.41, 5.74) is 2.90. The molecule has 1 aliphatic carbocycles. The maximum absolute atomic E-state index is 13.5. The predicted octanol–water partition coefficient (Wildman–Crippen LogP) is 3.91. The number of hydrogen-bond acceptors (Lipinski definition) is 6. The molecule has 0 unspecified atom stereocenters. The van der Waals surface area contributed by atoms with E-state index >= 15 is 0 Å². The number of carbonyl (C=O) groups is 3. The Kier molecular flexibility index (Phi) is 6.66. The predicted molar refractivity (Wildman–Crippen MR) is 113 cm³/mol. The third-order valence-corrected chi connectivity index (χ3v) is 5.86. The van der Waals surface area contributed by atoms with Crippen LogP contribution in [0, 0.1) is 11.8 Å². The van der Waals surface area contributed by atoms with Crippen LogP contribution >= 0.6 is 11.6 Å². The fourth-order valence-corrected chi connectivity index (χ4v) is 4.34. The van der Waals surface area contributed by atoms with Crippen molar-refractivity contribution < 1.29 is 23.9 Å². The number of halogens is 1. The first-order valence-corrected chi connectivity index (χ1v) is 10.4. The zero-order valence-electron chi connectivity index (χ0n) is 17.6. The van der Waals surface area contributed by atoms with Gasteiger partial charge in [-0.15, -0.1) is 0 Å². The molecule has 0 spiro atoms. The van der Waals surface area contributed by atoms with Crippen LogP contribution in [0.1, 0.15) is 45.1 Å². The van der Waals surface area contributed by atoms with Crippen LogP contribution in [0.4, 0.5) is 0 Å². The standard InChI is InChI=1S/C23H26ClNO5/c1-5-10-30-23(28)18-13(3)25-16-11-12(2)17(22(27)29-4)21(26)20(16)19(18)14-6-8-15(24)9-7-14/h6-9,12,17,19,25H,5,10-11H2,1-4H3/t12-,17+,19+/m0/s1. The second-order valence-corrected chi connectivity index (χ2v) is 8.16. The topological polar surface area (TPSA) is 81.7 Å². The number of carbonyl (C=O) groups excluding carboxylic acids is 3. The minimum atomic E-state index is -0.906. The number of rotatable bonds is 5. The first-order valence-electron chi connectivity index (χ1n) is 10.1. The molecule has 7 heteroatoms. The summed E-state index contributed by atoms with van der Waals surface area (Å²) in [7, 11) is 1.28. The van der Waals surface area contributed by atoms with Gasteiger partial charge in [-0.3, -0.25) is 9.59 Å². The number of benzene rings is 1. The number of esters is 2. The van der Waals surface area contributed by atoms with Gasteiger partial charge in [-0.1, -0.05) is 37.6 Å². The highest BCUT2D eigenvalue weighted by Gasteiger charge is 2.47. The molecule has 160 valence electrons. The average Bonchev–Trinajstić information content (AvgIpc) is 2.71. The number of hydrogen-bond donors (Lipinski definition) is 1. The Morgan fingerprint density at radius 2 is 1.90 bits per heavy atom. The van der Waals surface area contributed by atoms with Crippen LogP contribution in [-0.2, 0) is 23.9 Å². The van der Waals surface area contributed by atoms with Crippen molar-refractivity contribution >= 4 is 29.3 Å². The van der Waals surface area contributed by atoms with E-state index in [0.717, 1.165) is 11.3 Å². The van der Waals surface area contributed by atoms with Gasteiger partial charge in [-0.25, -0.2) is 4.79 Å². The number of ether oxygens (including phenoxy) is 2. The first kappa shape index (κ1) is 22.1. The minimum absolute atomic E-state index is 0.219. The lowest BCUT2D eigenvalue weighted by Gasteiger charge is -2.38. The van der Waals surface area contributed by atoms with Crippen LogP contribution in [0.5, 0.6) is 0 Å². The van der Waals surface area contributed by atoms with Gasteiger partial charge in [-0.05, 0) is 43.4 Å². The molecule has 2 aliphatic rings. The summed E-state index contributed by atoms with van der Waals surface area (Å²) in [5.74, 6) is -3.13. The van der Waals surface area contributed by atoms with E-state index in [9.17, 15) is 14.4 Å². The number of methoxy groups -OCH3 is 1. The number of ketones is 1. The molecule has 1 N–H and O–H groups in total. The fourth-order valence-electron chi connectivity index (χ4n) is 4.21. The van der Waals surface area contributed by atoms with Crippen molar-refractivity contribution in [3.05, 3.63) is 57.4 Å². The Hall–Kier alpha value is -2.60. The van der Waals surface area contributed by atoms with Gasteiger partial charge in [-0.2, -0.15) is 0 Å². The van der Waals surface area contributed by atoms with E-state index in [-0.39, 0.29) is 18.3 Å². The number of allylic oxidation sites excluding steroid dienone is 3. The highest BCUT2D eigenvalue weighted by molar-refractivity contribution is 6.30. The number of Topliss-reactive ketones (excluding diaryl/α,β-unsaturated/α-hetero) is 1. The lowest BCUT2D eigenvalue weighted by Crippen LogP contribution is -2.43. The molecule has 3 rings (SSSR count). The van der Waals surface area contributed by atoms with Gasteiger partial charge in [0.25, 0.3) is 0 Å². The highest BCUT2D eigenvalue weighted by Crippen LogP contribution is 2.45. The van der Waals surface area contributed by atoms with Crippen LogP contribution in [0.2, 0.25) is 5.02 Å². The van der Waals surface area contributed by atoms with E-state index in [1.54, 1.807) is 31.2 Å². The summed E-state index contributed by atoms with van der Waals surface area (Å²) in [6.45, 7) is 5.85. The number of dihydropyridines is 1. The van der Waals surface area contributed by atoms with E-state index in [2.05, 4.69) is 5.32 Å². The molecular formula is C23H26ClNO5. The van der Waals surface area contributed by atoms with Crippen LogP contribution in [0.25, 0.3) is 0 Å². The second kappa shape index (κ2) is 9.04. The van der Waals surface area contributed by atoms with Crippen LogP contribution in [0.3, 0.4) is 0 Å². The number of nitrogens with one attached hydrogen (secondary N) is 1. The Balaban J connectivity index is 2.15. The molecular weight excluding hydrogens is 406 g/mol. The van der Waals surface area contributed by atoms with Gasteiger partial charge >= 0.3 is 11.9 Å². The van der Waals surface area contributed by atoms with E-state index < -0.39 is 23.8 Å². The van der Waals surface area contributed by atoms with E-state index in [4.69, 9.17) is 21.1 Å². The Bertz CT molecular complexity index is 931. The van der Waals surface area contributed by atoms with Gasteiger partial charge in [0, 0.05) is 27.9 Å². The van der Waals surface area contributed by atoms with Gasteiger partial charge < -0.3 is 14.8 Å². The van der Waals surface area contributed by atoms with Crippen LogP contribution in [0.15, 0.2) is 46.8 Å². The fraction of sp³-hybridized carbons (Fsp3) is 0.435. The first-order chi connectivity index (χ1) is 14.3.